The van der Waals surface area contributed by atoms with E-state index in [-0.39, 0.29) is 0 Å². The van der Waals surface area contributed by atoms with Gasteiger partial charge in [0.2, 0.25) is 6.79 Å². The van der Waals surface area contributed by atoms with Gasteiger partial charge in [0.05, 0.1) is 0 Å². The number of anilines is 2. The van der Waals surface area contributed by atoms with Crippen molar-refractivity contribution in [2.45, 2.75) is 46.3 Å². The minimum Gasteiger partial charge on any atom is -0.454 e. The maximum Gasteiger partial charge on any atom is 0.231 e. The van der Waals surface area contributed by atoms with Crippen molar-refractivity contribution in [3.8, 4) is 11.5 Å². The van der Waals surface area contributed by atoms with Crippen LogP contribution in [-0.4, -0.2) is 77.9 Å². The average molecular weight is 441 g/mol. The van der Waals surface area contributed by atoms with E-state index < -0.39 is 0 Å². The Morgan fingerprint density at radius 3 is 2.47 bits per heavy atom. The van der Waals surface area contributed by atoms with Gasteiger partial charge in [0.1, 0.15) is 18.0 Å². The second-order valence-electron chi connectivity index (χ2n) is 9.06. The van der Waals surface area contributed by atoms with Crippen LogP contribution in [0.25, 0.3) is 0 Å². The van der Waals surface area contributed by atoms with Gasteiger partial charge in [-0.1, -0.05) is 6.07 Å². The molecule has 3 heterocycles. The zero-order chi connectivity index (χ0) is 22.5. The molecule has 1 aromatic heterocycles. The fourth-order valence-corrected chi connectivity index (χ4v) is 4.47. The molecule has 0 atom stereocenters. The first kappa shape index (κ1) is 22.6. The van der Waals surface area contributed by atoms with Gasteiger partial charge in [0.25, 0.3) is 0 Å². The normalized spacial score (nSPS) is 16.4. The van der Waals surface area contributed by atoms with Gasteiger partial charge in [-0.2, -0.15) is 0 Å². The van der Waals surface area contributed by atoms with Crippen molar-refractivity contribution in [1.29, 1.82) is 0 Å². The van der Waals surface area contributed by atoms with Gasteiger partial charge in [0.15, 0.2) is 11.5 Å². The molecule has 4 rings (SSSR count). The fourth-order valence-electron chi connectivity index (χ4n) is 4.47. The first-order chi connectivity index (χ1) is 15.5. The molecule has 0 radical (unpaired) electrons. The van der Waals surface area contributed by atoms with E-state index in [1.165, 1.54) is 5.56 Å². The number of hydrogen-bond acceptors (Lipinski definition) is 8. The Hall–Kier alpha value is -2.58. The summed E-state index contributed by atoms with van der Waals surface area (Å²) >= 11 is 0. The lowest BCUT2D eigenvalue weighted by Crippen LogP contribution is -2.46. The van der Waals surface area contributed by atoms with Gasteiger partial charge in [-0.3, -0.25) is 9.80 Å². The summed E-state index contributed by atoms with van der Waals surface area (Å²) in [6.07, 6.45) is 1.67. The van der Waals surface area contributed by atoms with Crippen molar-refractivity contribution in [3.63, 3.8) is 0 Å². The Kier molecular flexibility index (Phi) is 7.32. The summed E-state index contributed by atoms with van der Waals surface area (Å²) in [6.45, 7) is 16.0. The molecular weight excluding hydrogens is 404 g/mol. The predicted octanol–water partition coefficient (Wildman–Crippen LogP) is 3.06. The largest absolute Gasteiger partial charge is 0.454 e. The van der Waals surface area contributed by atoms with Crippen LogP contribution < -0.4 is 19.7 Å². The summed E-state index contributed by atoms with van der Waals surface area (Å²) in [6, 6.07) is 9.37. The molecule has 0 aliphatic carbocycles. The highest BCUT2D eigenvalue weighted by molar-refractivity contribution is 5.49. The number of hydrogen-bond donors (Lipinski definition) is 1. The standard InChI is InChI=1S/C24H36N6O2/c1-18(2)30(19(3)4)8-7-25-23-14-24(27-16-26-23)29-11-9-28(10-12-29)15-20-5-6-21-22(13-20)32-17-31-21/h5-6,13-14,16,18-19H,7-12,15,17H2,1-4H3,(H,25,26,27). The molecule has 32 heavy (non-hydrogen) atoms. The molecule has 2 aliphatic rings. The lowest BCUT2D eigenvalue weighted by Gasteiger charge is -2.35. The Labute approximate surface area is 191 Å². The minimum absolute atomic E-state index is 0.320. The Bertz CT molecular complexity index is 875. The summed E-state index contributed by atoms with van der Waals surface area (Å²) in [5.41, 5.74) is 1.26. The molecule has 2 aromatic rings. The molecule has 0 saturated carbocycles. The number of nitrogens with one attached hydrogen (secondary N) is 1. The van der Waals surface area contributed by atoms with Crippen LogP contribution in [0.5, 0.6) is 11.5 Å². The van der Waals surface area contributed by atoms with Crippen LogP contribution in [-0.2, 0) is 6.54 Å². The van der Waals surface area contributed by atoms with Gasteiger partial charge < -0.3 is 19.7 Å². The summed E-state index contributed by atoms with van der Waals surface area (Å²) in [7, 11) is 0. The van der Waals surface area contributed by atoms with E-state index in [2.05, 4.69) is 75.9 Å². The summed E-state index contributed by atoms with van der Waals surface area (Å²) in [5.74, 6) is 3.58. The molecule has 174 valence electrons. The molecule has 0 spiro atoms. The molecule has 0 amide bonds. The maximum absolute atomic E-state index is 5.51. The Morgan fingerprint density at radius 1 is 0.969 bits per heavy atom. The van der Waals surface area contributed by atoms with E-state index in [4.69, 9.17) is 9.47 Å². The molecular formula is C24H36N6O2. The third kappa shape index (κ3) is 5.61. The van der Waals surface area contributed by atoms with Gasteiger partial charge in [-0.05, 0) is 45.4 Å². The predicted molar refractivity (Wildman–Crippen MR) is 128 cm³/mol. The van der Waals surface area contributed by atoms with E-state index >= 15 is 0 Å². The summed E-state index contributed by atoms with van der Waals surface area (Å²) in [5, 5.41) is 3.47. The smallest absolute Gasteiger partial charge is 0.231 e. The minimum atomic E-state index is 0.320. The zero-order valence-corrected chi connectivity index (χ0v) is 19.8. The fraction of sp³-hybridized carbons (Fsp3) is 0.583. The topological polar surface area (TPSA) is 66.0 Å². The number of benzene rings is 1. The van der Waals surface area contributed by atoms with Crippen LogP contribution >= 0.6 is 0 Å². The molecule has 2 aliphatic heterocycles. The maximum atomic E-state index is 5.51. The van der Waals surface area contributed by atoms with Crippen molar-refractivity contribution >= 4 is 11.6 Å². The lowest BCUT2D eigenvalue weighted by atomic mass is 10.1. The van der Waals surface area contributed by atoms with Crippen LogP contribution in [0.4, 0.5) is 11.6 Å². The molecule has 1 fully saturated rings. The highest BCUT2D eigenvalue weighted by Crippen LogP contribution is 2.33. The molecule has 8 heteroatoms. The van der Waals surface area contributed by atoms with Crippen LogP contribution in [0.15, 0.2) is 30.6 Å². The van der Waals surface area contributed by atoms with E-state index in [0.717, 1.165) is 68.9 Å². The zero-order valence-electron chi connectivity index (χ0n) is 19.8. The summed E-state index contributed by atoms with van der Waals surface area (Å²) < 4.78 is 10.9. The number of rotatable bonds is 9. The van der Waals surface area contributed by atoms with Crippen molar-refractivity contribution in [1.82, 2.24) is 19.8 Å². The molecule has 0 unspecified atom stereocenters. The number of ether oxygens (including phenoxy) is 2. The first-order valence-electron chi connectivity index (χ1n) is 11.7. The molecule has 1 N–H and O–H groups in total. The van der Waals surface area contributed by atoms with E-state index in [0.29, 0.717) is 18.9 Å². The van der Waals surface area contributed by atoms with Crippen LogP contribution in [0, 0.1) is 0 Å². The van der Waals surface area contributed by atoms with Crippen molar-refractivity contribution in [2.24, 2.45) is 0 Å². The Balaban J connectivity index is 1.26. The molecule has 0 bridgehead atoms. The number of nitrogens with zero attached hydrogens (tertiary/aromatic N) is 5. The van der Waals surface area contributed by atoms with Crippen LogP contribution in [0.1, 0.15) is 33.3 Å². The monoisotopic (exact) mass is 440 g/mol. The van der Waals surface area contributed by atoms with Crippen molar-refractivity contribution < 1.29 is 9.47 Å². The first-order valence-corrected chi connectivity index (χ1v) is 11.7. The van der Waals surface area contributed by atoms with Crippen LogP contribution in [0.2, 0.25) is 0 Å². The quantitative estimate of drug-likeness (QED) is 0.638. The van der Waals surface area contributed by atoms with Gasteiger partial charge in [0, 0.05) is 64.0 Å². The van der Waals surface area contributed by atoms with Gasteiger partial charge in [-0.25, -0.2) is 9.97 Å². The number of piperazine rings is 1. The number of fused-ring (bicyclic) bond motifs is 1. The third-order valence-corrected chi connectivity index (χ3v) is 6.19. The molecule has 8 nitrogen and oxygen atoms in total. The van der Waals surface area contributed by atoms with E-state index in [9.17, 15) is 0 Å². The lowest BCUT2D eigenvalue weighted by molar-refractivity contribution is 0.174. The second kappa shape index (κ2) is 10.4. The van der Waals surface area contributed by atoms with Gasteiger partial charge in [-0.15, -0.1) is 0 Å². The third-order valence-electron chi connectivity index (χ3n) is 6.19. The molecule has 1 aromatic carbocycles. The molecule has 1 saturated heterocycles. The van der Waals surface area contributed by atoms with Gasteiger partial charge >= 0.3 is 0 Å². The Morgan fingerprint density at radius 2 is 1.72 bits per heavy atom. The van der Waals surface area contributed by atoms with Crippen molar-refractivity contribution in [3.05, 3.63) is 36.2 Å². The average Bonchev–Trinajstić information content (AvgIpc) is 3.25. The van der Waals surface area contributed by atoms with Crippen LogP contribution in [0.3, 0.4) is 0 Å². The second-order valence-corrected chi connectivity index (χ2v) is 9.06. The van der Waals surface area contributed by atoms with E-state index in [1.54, 1.807) is 6.33 Å². The summed E-state index contributed by atoms with van der Waals surface area (Å²) in [4.78, 5) is 16.2. The SMILES string of the molecule is CC(C)N(CCNc1cc(N2CCN(Cc3ccc4c(c3)OCO4)CC2)ncn1)C(C)C. The number of aromatic nitrogens is 2. The van der Waals surface area contributed by atoms with Crippen molar-refractivity contribution in [2.75, 3.05) is 56.3 Å². The van der Waals surface area contributed by atoms with E-state index in [1.807, 2.05) is 6.07 Å². The highest BCUT2D eigenvalue weighted by atomic mass is 16.7. The highest BCUT2D eigenvalue weighted by Gasteiger charge is 2.20.